The topological polar surface area (TPSA) is 86.3 Å². The van der Waals surface area contributed by atoms with Crippen molar-refractivity contribution in [1.29, 1.82) is 0 Å². The van der Waals surface area contributed by atoms with Crippen LogP contribution in [0.1, 0.15) is 19.3 Å². The fourth-order valence-corrected chi connectivity index (χ4v) is 3.57. The molecule has 1 atom stereocenters. The summed E-state index contributed by atoms with van der Waals surface area (Å²) in [6, 6.07) is 1.13. The molecule has 1 fully saturated rings. The number of nitrogens with zero attached hydrogens (tertiary/aromatic N) is 2. The summed E-state index contributed by atoms with van der Waals surface area (Å²) in [4.78, 5) is 0. The molecule has 0 amide bonds. The van der Waals surface area contributed by atoms with Crippen molar-refractivity contribution < 1.29 is 13.5 Å². The fraction of sp³-hybridized carbons (Fsp3) is 0.667. The van der Waals surface area contributed by atoms with E-state index in [-0.39, 0.29) is 17.7 Å². The normalized spacial score (nSPS) is 23.4. The highest BCUT2D eigenvalue weighted by molar-refractivity contribution is 7.89. The minimum absolute atomic E-state index is 0.0906. The van der Waals surface area contributed by atoms with Gasteiger partial charge >= 0.3 is 0 Å². The van der Waals surface area contributed by atoms with E-state index < -0.39 is 10.0 Å². The van der Waals surface area contributed by atoms with Crippen molar-refractivity contribution in [3.63, 3.8) is 0 Å². The number of sulfonamides is 1. The summed E-state index contributed by atoms with van der Waals surface area (Å²) < 4.78 is 25.7. The van der Waals surface area contributed by atoms with Gasteiger partial charge in [-0.05, 0) is 18.9 Å². The Labute approximate surface area is 94.3 Å². The molecule has 2 heterocycles. The van der Waals surface area contributed by atoms with Gasteiger partial charge in [0.05, 0.1) is 12.8 Å². The first kappa shape index (κ1) is 11.6. The number of hydrogen-bond acceptors (Lipinski definition) is 4. The molecule has 2 N–H and O–H groups in total. The highest BCUT2D eigenvalue weighted by Crippen LogP contribution is 2.23. The molecule has 1 unspecified atom stereocenters. The SMILES string of the molecule is O=S(=O)(c1ccn[nH]1)N1CCCCC1CO. The average Bonchev–Trinajstić information content (AvgIpc) is 2.83. The number of piperidine rings is 1. The maximum absolute atomic E-state index is 12.2. The Morgan fingerprint density at radius 3 is 3.00 bits per heavy atom. The number of aromatic amines is 1. The fourth-order valence-electron chi connectivity index (χ4n) is 1.99. The summed E-state index contributed by atoms with van der Waals surface area (Å²) >= 11 is 0. The van der Waals surface area contributed by atoms with Crippen LogP contribution in [-0.4, -0.2) is 47.2 Å². The highest BCUT2D eigenvalue weighted by Gasteiger charge is 2.33. The molecule has 7 heteroatoms. The molecule has 16 heavy (non-hydrogen) atoms. The number of rotatable bonds is 3. The second-order valence-corrected chi connectivity index (χ2v) is 5.73. The Morgan fingerprint density at radius 1 is 1.56 bits per heavy atom. The zero-order chi connectivity index (χ0) is 11.6. The summed E-state index contributed by atoms with van der Waals surface area (Å²) in [6.45, 7) is 0.333. The number of aromatic nitrogens is 2. The number of hydrogen-bond donors (Lipinski definition) is 2. The van der Waals surface area contributed by atoms with E-state index in [1.807, 2.05) is 0 Å². The molecule has 90 valence electrons. The summed E-state index contributed by atoms with van der Waals surface area (Å²) in [5.41, 5.74) is 0. The van der Waals surface area contributed by atoms with E-state index >= 15 is 0 Å². The maximum Gasteiger partial charge on any atom is 0.260 e. The number of H-pyrrole nitrogens is 1. The van der Waals surface area contributed by atoms with Gasteiger partial charge in [0.1, 0.15) is 0 Å². The van der Waals surface area contributed by atoms with Crippen LogP contribution in [0.15, 0.2) is 17.3 Å². The van der Waals surface area contributed by atoms with Gasteiger partial charge in [-0.1, -0.05) is 6.42 Å². The van der Waals surface area contributed by atoms with Gasteiger partial charge in [0.25, 0.3) is 10.0 Å². The van der Waals surface area contributed by atoms with E-state index in [0.29, 0.717) is 13.0 Å². The third kappa shape index (κ3) is 1.98. The molecule has 6 nitrogen and oxygen atoms in total. The van der Waals surface area contributed by atoms with Crippen molar-refractivity contribution in [2.24, 2.45) is 0 Å². The van der Waals surface area contributed by atoms with Crippen molar-refractivity contribution in [1.82, 2.24) is 14.5 Å². The van der Waals surface area contributed by atoms with E-state index in [9.17, 15) is 13.5 Å². The molecule has 0 spiro atoms. The standard InChI is InChI=1S/C9H15N3O3S/c13-7-8-3-1-2-6-12(8)16(14,15)9-4-5-10-11-9/h4-5,8,13H,1-3,6-7H2,(H,10,11). The van der Waals surface area contributed by atoms with Crippen LogP contribution in [0.25, 0.3) is 0 Å². The van der Waals surface area contributed by atoms with Gasteiger partial charge in [-0.2, -0.15) is 9.40 Å². The summed E-state index contributed by atoms with van der Waals surface area (Å²) in [5, 5.41) is 15.4. The van der Waals surface area contributed by atoms with Crippen LogP contribution in [0, 0.1) is 0 Å². The smallest absolute Gasteiger partial charge is 0.260 e. The van der Waals surface area contributed by atoms with E-state index in [4.69, 9.17) is 0 Å². The summed E-state index contributed by atoms with van der Waals surface area (Å²) in [5.74, 6) is 0. The van der Waals surface area contributed by atoms with Crippen LogP contribution in [0.5, 0.6) is 0 Å². The third-order valence-corrected chi connectivity index (χ3v) is 4.73. The number of nitrogens with one attached hydrogen (secondary N) is 1. The van der Waals surface area contributed by atoms with Gasteiger partial charge in [0.2, 0.25) is 0 Å². The molecule has 1 aromatic rings. The number of aliphatic hydroxyl groups excluding tert-OH is 1. The Morgan fingerprint density at radius 2 is 2.38 bits per heavy atom. The predicted octanol–water partition coefficient (Wildman–Crippen LogP) is -0.0548. The Hall–Kier alpha value is -0.920. The van der Waals surface area contributed by atoms with E-state index in [0.717, 1.165) is 12.8 Å². The van der Waals surface area contributed by atoms with Crippen LogP contribution in [-0.2, 0) is 10.0 Å². The molecule has 2 rings (SSSR count). The number of aliphatic hydroxyl groups is 1. The predicted molar refractivity (Wildman–Crippen MR) is 57.2 cm³/mol. The lowest BCUT2D eigenvalue weighted by Crippen LogP contribution is -2.45. The van der Waals surface area contributed by atoms with Crippen LogP contribution in [0.4, 0.5) is 0 Å². The lowest BCUT2D eigenvalue weighted by molar-refractivity contribution is 0.155. The van der Waals surface area contributed by atoms with Crippen molar-refractivity contribution >= 4 is 10.0 Å². The second kappa shape index (κ2) is 4.52. The lowest BCUT2D eigenvalue weighted by Gasteiger charge is -2.32. The van der Waals surface area contributed by atoms with Crippen molar-refractivity contribution in [3.05, 3.63) is 12.3 Å². The molecule has 1 aromatic heterocycles. The van der Waals surface area contributed by atoms with Gasteiger partial charge in [-0.3, -0.25) is 5.10 Å². The first-order valence-corrected chi connectivity index (χ1v) is 6.72. The monoisotopic (exact) mass is 245 g/mol. The van der Waals surface area contributed by atoms with E-state index in [1.54, 1.807) is 0 Å². The summed E-state index contributed by atoms with van der Waals surface area (Å²) in [7, 11) is -3.52. The van der Waals surface area contributed by atoms with E-state index in [1.165, 1.54) is 16.6 Å². The van der Waals surface area contributed by atoms with Gasteiger partial charge in [0, 0.05) is 12.6 Å². The Balaban J connectivity index is 2.28. The lowest BCUT2D eigenvalue weighted by atomic mass is 10.1. The minimum atomic E-state index is -3.52. The highest BCUT2D eigenvalue weighted by atomic mass is 32.2. The van der Waals surface area contributed by atoms with Crippen molar-refractivity contribution in [2.75, 3.05) is 13.2 Å². The molecule has 1 aliphatic heterocycles. The molecular weight excluding hydrogens is 230 g/mol. The van der Waals surface area contributed by atoms with Crippen LogP contribution in [0.2, 0.25) is 0 Å². The first-order chi connectivity index (χ1) is 7.66. The molecule has 0 saturated carbocycles. The molecule has 1 aliphatic rings. The molecule has 0 bridgehead atoms. The Kier molecular flexibility index (Phi) is 3.27. The van der Waals surface area contributed by atoms with Crippen molar-refractivity contribution in [2.45, 2.75) is 30.3 Å². The molecule has 1 saturated heterocycles. The second-order valence-electron chi connectivity index (χ2n) is 3.87. The Bertz CT molecular complexity index is 429. The third-order valence-electron chi connectivity index (χ3n) is 2.85. The zero-order valence-electron chi connectivity index (χ0n) is 8.83. The largest absolute Gasteiger partial charge is 0.395 e. The zero-order valence-corrected chi connectivity index (χ0v) is 9.65. The quantitative estimate of drug-likeness (QED) is 0.781. The van der Waals surface area contributed by atoms with E-state index in [2.05, 4.69) is 10.2 Å². The van der Waals surface area contributed by atoms with Gasteiger partial charge in [0.15, 0.2) is 5.03 Å². The molecule has 0 aliphatic carbocycles. The molecular formula is C9H15N3O3S. The average molecular weight is 245 g/mol. The van der Waals surface area contributed by atoms with Crippen LogP contribution >= 0.6 is 0 Å². The first-order valence-electron chi connectivity index (χ1n) is 5.28. The van der Waals surface area contributed by atoms with Gasteiger partial charge < -0.3 is 5.11 Å². The minimum Gasteiger partial charge on any atom is -0.395 e. The van der Waals surface area contributed by atoms with Crippen LogP contribution < -0.4 is 0 Å². The van der Waals surface area contributed by atoms with Gasteiger partial charge in [-0.15, -0.1) is 0 Å². The van der Waals surface area contributed by atoms with Gasteiger partial charge in [-0.25, -0.2) is 8.42 Å². The molecule has 0 aromatic carbocycles. The molecule has 0 radical (unpaired) electrons. The summed E-state index contributed by atoms with van der Waals surface area (Å²) in [6.07, 6.45) is 3.92. The van der Waals surface area contributed by atoms with Crippen molar-refractivity contribution in [3.8, 4) is 0 Å². The van der Waals surface area contributed by atoms with Crippen LogP contribution in [0.3, 0.4) is 0 Å². The maximum atomic E-state index is 12.2.